The molecule has 4 rings (SSSR count). The molecule has 0 fully saturated rings. The van der Waals surface area contributed by atoms with Crippen molar-refractivity contribution in [2.45, 2.75) is 4.90 Å². The number of hydrogen-bond acceptors (Lipinski definition) is 4. The summed E-state index contributed by atoms with van der Waals surface area (Å²) < 4.78 is 27.2. The Bertz CT molecular complexity index is 1290. The van der Waals surface area contributed by atoms with Gasteiger partial charge in [0, 0.05) is 36.3 Å². The van der Waals surface area contributed by atoms with Gasteiger partial charge in [-0.25, -0.2) is 13.4 Å². The molecule has 0 atom stereocenters. The highest BCUT2D eigenvalue weighted by Crippen LogP contribution is 2.23. The Hall–Kier alpha value is -3.91. The van der Waals surface area contributed by atoms with Gasteiger partial charge in [-0.3, -0.25) is 9.10 Å². The number of carbonyl (C=O) groups is 1. The highest BCUT2D eigenvalue weighted by molar-refractivity contribution is 7.92. The summed E-state index contributed by atoms with van der Waals surface area (Å²) in [5, 5.41) is 2.79. The first-order valence-electron chi connectivity index (χ1n) is 9.50. The van der Waals surface area contributed by atoms with E-state index in [0.717, 1.165) is 11.4 Å². The monoisotopic (exact) mass is 432 g/mol. The van der Waals surface area contributed by atoms with Crippen molar-refractivity contribution >= 4 is 27.3 Å². The topological polar surface area (TPSA) is 95.2 Å². The fourth-order valence-electron chi connectivity index (χ4n) is 3.07. The van der Waals surface area contributed by atoms with Crippen LogP contribution >= 0.6 is 0 Å². The maximum absolute atomic E-state index is 13.0. The molecule has 4 aromatic rings. The summed E-state index contributed by atoms with van der Waals surface area (Å²) in [6.07, 6.45) is 3.41. The van der Waals surface area contributed by atoms with Crippen LogP contribution in [0.15, 0.2) is 96.2 Å². The normalized spacial score (nSPS) is 11.1. The summed E-state index contributed by atoms with van der Waals surface area (Å²) in [7, 11) is -2.32. The highest BCUT2D eigenvalue weighted by Gasteiger charge is 2.22. The van der Waals surface area contributed by atoms with Gasteiger partial charge in [0.05, 0.1) is 10.6 Å². The predicted molar refractivity (Wildman–Crippen MR) is 120 cm³/mol. The zero-order valence-electron chi connectivity index (χ0n) is 16.7. The zero-order valence-corrected chi connectivity index (χ0v) is 17.5. The molecule has 0 unspecified atom stereocenters. The standard InChI is InChI=1S/C23H20N4O3S/c1-27(20-7-3-2-4-8-20)31(29,30)21-9-5-6-18(16-21)23(28)26-19-12-10-17(11-13-19)22-24-14-15-25-22/h2-16H,1H3,(H,24,25)(H,26,28). The molecule has 1 aromatic heterocycles. The molecule has 0 aliphatic rings. The summed E-state index contributed by atoms with van der Waals surface area (Å²) in [6, 6.07) is 22.0. The van der Waals surface area contributed by atoms with E-state index < -0.39 is 15.9 Å². The fraction of sp³-hybridized carbons (Fsp3) is 0.0435. The Morgan fingerprint density at radius 1 is 0.968 bits per heavy atom. The highest BCUT2D eigenvalue weighted by atomic mass is 32.2. The average molecular weight is 433 g/mol. The Morgan fingerprint density at radius 3 is 2.39 bits per heavy atom. The number of nitrogens with one attached hydrogen (secondary N) is 2. The molecule has 2 N–H and O–H groups in total. The summed E-state index contributed by atoms with van der Waals surface area (Å²) in [5.41, 5.74) is 2.27. The van der Waals surface area contributed by atoms with Crippen molar-refractivity contribution in [1.82, 2.24) is 9.97 Å². The van der Waals surface area contributed by atoms with Crippen molar-refractivity contribution in [1.29, 1.82) is 0 Å². The lowest BCUT2D eigenvalue weighted by Crippen LogP contribution is -2.26. The van der Waals surface area contributed by atoms with E-state index in [1.807, 2.05) is 18.2 Å². The summed E-state index contributed by atoms with van der Waals surface area (Å²) in [4.78, 5) is 20.0. The molecule has 8 heteroatoms. The smallest absolute Gasteiger partial charge is 0.264 e. The van der Waals surface area contributed by atoms with Crippen LogP contribution < -0.4 is 9.62 Å². The minimum atomic E-state index is -3.81. The number of H-pyrrole nitrogens is 1. The summed E-state index contributed by atoms with van der Waals surface area (Å²) in [5.74, 6) is 0.337. The molecule has 0 aliphatic carbocycles. The van der Waals surface area contributed by atoms with Gasteiger partial charge in [-0.1, -0.05) is 24.3 Å². The molecule has 0 aliphatic heterocycles. The van der Waals surface area contributed by atoms with Crippen LogP contribution in [0.2, 0.25) is 0 Å². The van der Waals surface area contributed by atoms with Crippen molar-refractivity contribution in [3.8, 4) is 11.4 Å². The molecule has 3 aromatic carbocycles. The van der Waals surface area contributed by atoms with Crippen LogP contribution in [-0.4, -0.2) is 31.3 Å². The third-order valence-corrected chi connectivity index (χ3v) is 6.57. The third kappa shape index (κ3) is 4.34. The minimum Gasteiger partial charge on any atom is -0.345 e. The molecule has 0 saturated heterocycles. The van der Waals surface area contributed by atoms with Gasteiger partial charge in [-0.2, -0.15) is 0 Å². The Morgan fingerprint density at radius 2 is 1.71 bits per heavy atom. The SMILES string of the molecule is CN(c1ccccc1)S(=O)(=O)c1cccc(C(=O)Nc2ccc(-c3ncc[nH]3)cc2)c1. The third-order valence-electron chi connectivity index (χ3n) is 4.79. The lowest BCUT2D eigenvalue weighted by molar-refractivity contribution is 0.102. The number of sulfonamides is 1. The predicted octanol–water partition coefficient (Wildman–Crippen LogP) is 4.15. The van der Waals surface area contributed by atoms with Gasteiger partial charge >= 0.3 is 0 Å². The van der Waals surface area contributed by atoms with Crippen molar-refractivity contribution in [2.24, 2.45) is 0 Å². The van der Waals surface area contributed by atoms with E-state index in [1.165, 1.54) is 23.5 Å². The van der Waals surface area contributed by atoms with E-state index in [-0.39, 0.29) is 10.5 Å². The number of benzene rings is 3. The fourth-order valence-corrected chi connectivity index (χ4v) is 4.31. The number of hydrogen-bond donors (Lipinski definition) is 2. The Labute approximate surface area is 180 Å². The van der Waals surface area contributed by atoms with Crippen LogP contribution in [0.4, 0.5) is 11.4 Å². The number of nitrogens with zero attached hydrogens (tertiary/aromatic N) is 2. The molecular formula is C23H20N4O3S. The van der Waals surface area contributed by atoms with Crippen LogP contribution in [0, 0.1) is 0 Å². The van der Waals surface area contributed by atoms with E-state index in [0.29, 0.717) is 11.4 Å². The van der Waals surface area contributed by atoms with E-state index in [1.54, 1.807) is 60.9 Å². The zero-order chi connectivity index (χ0) is 21.8. The molecule has 1 heterocycles. The van der Waals surface area contributed by atoms with Gasteiger partial charge in [0.15, 0.2) is 0 Å². The van der Waals surface area contributed by atoms with Crippen LogP contribution in [-0.2, 0) is 10.0 Å². The minimum absolute atomic E-state index is 0.0414. The first-order chi connectivity index (χ1) is 14.9. The molecule has 0 saturated carbocycles. The van der Waals surface area contributed by atoms with Crippen LogP contribution in [0.5, 0.6) is 0 Å². The Balaban J connectivity index is 1.53. The number of aromatic amines is 1. The van der Waals surface area contributed by atoms with Gasteiger partial charge in [-0.05, 0) is 54.6 Å². The van der Waals surface area contributed by atoms with Crippen LogP contribution in [0.1, 0.15) is 10.4 Å². The van der Waals surface area contributed by atoms with Crippen LogP contribution in [0.3, 0.4) is 0 Å². The average Bonchev–Trinajstić information content (AvgIpc) is 3.35. The number of amides is 1. The molecule has 0 radical (unpaired) electrons. The molecule has 1 amide bonds. The first kappa shape index (κ1) is 20.4. The van der Waals surface area contributed by atoms with E-state index in [9.17, 15) is 13.2 Å². The first-order valence-corrected chi connectivity index (χ1v) is 10.9. The van der Waals surface area contributed by atoms with Gasteiger partial charge < -0.3 is 10.3 Å². The lowest BCUT2D eigenvalue weighted by atomic mass is 10.1. The number of carbonyl (C=O) groups excluding carboxylic acids is 1. The second kappa shape index (κ2) is 8.45. The maximum Gasteiger partial charge on any atom is 0.264 e. The largest absolute Gasteiger partial charge is 0.345 e. The lowest BCUT2D eigenvalue weighted by Gasteiger charge is -2.19. The Kier molecular flexibility index (Phi) is 5.55. The van der Waals surface area contributed by atoms with Crippen molar-refractivity contribution < 1.29 is 13.2 Å². The van der Waals surface area contributed by atoms with Gasteiger partial charge in [-0.15, -0.1) is 0 Å². The van der Waals surface area contributed by atoms with E-state index >= 15 is 0 Å². The second-order valence-electron chi connectivity index (χ2n) is 6.81. The summed E-state index contributed by atoms with van der Waals surface area (Å²) in [6.45, 7) is 0. The van der Waals surface area contributed by atoms with Gasteiger partial charge in [0.2, 0.25) is 0 Å². The molecule has 156 valence electrons. The second-order valence-corrected chi connectivity index (χ2v) is 8.77. The molecular weight excluding hydrogens is 412 g/mol. The van der Waals surface area contributed by atoms with Crippen LogP contribution in [0.25, 0.3) is 11.4 Å². The van der Waals surface area contributed by atoms with E-state index in [4.69, 9.17) is 0 Å². The number of imidazole rings is 1. The van der Waals surface area contributed by atoms with Crippen molar-refractivity contribution in [3.63, 3.8) is 0 Å². The van der Waals surface area contributed by atoms with Gasteiger partial charge in [0.1, 0.15) is 5.82 Å². The van der Waals surface area contributed by atoms with Crippen molar-refractivity contribution in [2.75, 3.05) is 16.7 Å². The van der Waals surface area contributed by atoms with Gasteiger partial charge in [0.25, 0.3) is 15.9 Å². The number of aromatic nitrogens is 2. The number of anilines is 2. The maximum atomic E-state index is 13.0. The van der Waals surface area contributed by atoms with E-state index in [2.05, 4.69) is 15.3 Å². The molecule has 0 bridgehead atoms. The molecule has 7 nitrogen and oxygen atoms in total. The van der Waals surface area contributed by atoms with Crippen molar-refractivity contribution in [3.05, 3.63) is 96.8 Å². The number of rotatable bonds is 6. The number of para-hydroxylation sites is 1. The quantitative estimate of drug-likeness (QED) is 0.478. The molecule has 0 spiro atoms. The molecule has 31 heavy (non-hydrogen) atoms. The summed E-state index contributed by atoms with van der Waals surface area (Å²) >= 11 is 0.